The molecule has 0 unspecified atom stereocenters. The van der Waals surface area contributed by atoms with Gasteiger partial charge in [-0.3, -0.25) is 9.59 Å². The topological polar surface area (TPSA) is 84.0 Å². The first-order valence-corrected chi connectivity index (χ1v) is 9.97. The predicted molar refractivity (Wildman–Crippen MR) is 101 cm³/mol. The van der Waals surface area contributed by atoms with Crippen LogP contribution in [0.3, 0.4) is 0 Å². The van der Waals surface area contributed by atoms with E-state index in [1.165, 1.54) is 30.0 Å². The minimum atomic E-state index is -0.285. The van der Waals surface area contributed by atoms with Gasteiger partial charge in [-0.15, -0.1) is 10.2 Å². The predicted octanol–water partition coefficient (Wildman–Crippen LogP) is 3.73. The fraction of sp³-hybridized carbons (Fsp3) is 0.333. The Morgan fingerprint density at radius 1 is 1.12 bits per heavy atom. The van der Waals surface area contributed by atoms with E-state index >= 15 is 0 Å². The largest absolute Gasteiger partial charge is 0.326 e. The number of aromatic nitrogens is 2. The Labute approximate surface area is 153 Å². The number of thioether (sulfide) groups is 2. The first kappa shape index (κ1) is 18.8. The van der Waals surface area contributed by atoms with Gasteiger partial charge in [0, 0.05) is 18.3 Å². The highest BCUT2D eigenvalue weighted by atomic mass is 32.2. The Balaban J connectivity index is 1.89. The molecule has 2 rings (SSSR count). The second kappa shape index (κ2) is 9.05. The van der Waals surface area contributed by atoms with Crippen LogP contribution in [0.4, 0.5) is 11.4 Å². The summed E-state index contributed by atoms with van der Waals surface area (Å²) in [4.78, 5) is 23.2. The minimum Gasteiger partial charge on any atom is -0.326 e. The maximum absolute atomic E-state index is 12.3. The van der Waals surface area contributed by atoms with Crippen LogP contribution in [0.25, 0.3) is 0 Å². The van der Waals surface area contributed by atoms with E-state index in [2.05, 4.69) is 27.8 Å². The van der Waals surface area contributed by atoms with E-state index in [1.54, 1.807) is 36.0 Å². The van der Waals surface area contributed by atoms with E-state index in [1.807, 2.05) is 6.92 Å². The van der Waals surface area contributed by atoms with Gasteiger partial charge in [0.25, 0.3) is 0 Å². The highest BCUT2D eigenvalue weighted by Gasteiger charge is 2.17. The third-order valence-electron chi connectivity index (χ3n) is 2.78. The van der Waals surface area contributed by atoms with Crippen LogP contribution in [-0.4, -0.2) is 33.0 Å². The maximum atomic E-state index is 12.3. The first-order chi connectivity index (χ1) is 11.5. The lowest BCUT2D eigenvalue weighted by atomic mass is 10.2. The molecule has 0 aliphatic carbocycles. The average molecular weight is 383 g/mol. The average Bonchev–Trinajstić information content (AvgIpc) is 2.96. The van der Waals surface area contributed by atoms with Crippen LogP contribution in [0.1, 0.15) is 20.8 Å². The summed E-state index contributed by atoms with van der Waals surface area (Å²) in [7, 11) is 0. The van der Waals surface area contributed by atoms with Crippen LogP contribution in [-0.2, 0) is 9.59 Å². The number of carbonyl (C=O) groups excluding carboxylic acids is 2. The molecule has 0 radical (unpaired) electrons. The Kier molecular flexibility index (Phi) is 7.07. The SMILES string of the molecule is CCSc1nnc(S[C@H](C)C(=O)Nc2ccc(NC(C)=O)cc2)s1. The second-order valence-electron chi connectivity index (χ2n) is 4.77. The zero-order valence-corrected chi connectivity index (χ0v) is 16.0. The highest BCUT2D eigenvalue weighted by Crippen LogP contribution is 2.31. The molecule has 0 aliphatic heterocycles. The van der Waals surface area contributed by atoms with E-state index in [9.17, 15) is 9.59 Å². The van der Waals surface area contributed by atoms with Gasteiger partial charge in [-0.2, -0.15) is 0 Å². The Morgan fingerprint density at radius 3 is 2.29 bits per heavy atom. The van der Waals surface area contributed by atoms with E-state index < -0.39 is 0 Å². The third kappa shape index (κ3) is 5.81. The van der Waals surface area contributed by atoms with Gasteiger partial charge in [0.05, 0.1) is 5.25 Å². The van der Waals surface area contributed by atoms with Gasteiger partial charge in [0.15, 0.2) is 8.68 Å². The first-order valence-electron chi connectivity index (χ1n) is 7.29. The summed E-state index contributed by atoms with van der Waals surface area (Å²) in [5.41, 5.74) is 1.37. The van der Waals surface area contributed by atoms with E-state index in [0.29, 0.717) is 11.4 Å². The molecule has 0 fully saturated rings. The monoisotopic (exact) mass is 382 g/mol. The summed E-state index contributed by atoms with van der Waals surface area (Å²) >= 11 is 4.53. The zero-order chi connectivity index (χ0) is 17.5. The molecule has 0 saturated carbocycles. The van der Waals surface area contributed by atoms with Gasteiger partial charge in [-0.1, -0.05) is 41.8 Å². The summed E-state index contributed by atoms with van der Waals surface area (Å²) in [5, 5.41) is 13.4. The number of amides is 2. The number of rotatable bonds is 7. The standard InChI is InChI=1S/C15H18N4O2S3/c1-4-22-14-18-19-15(24-14)23-9(2)13(21)17-12-7-5-11(6-8-12)16-10(3)20/h5-9H,4H2,1-3H3,(H,16,20)(H,17,21)/t9-/m1/s1. The third-order valence-corrected chi connectivity index (χ3v) is 5.90. The molecule has 1 heterocycles. The van der Waals surface area contributed by atoms with Crippen molar-refractivity contribution < 1.29 is 9.59 Å². The smallest absolute Gasteiger partial charge is 0.237 e. The second-order valence-corrected chi connectivity index (χ2v) is 8.85. The lowest BCUT2D eigenvalue weighted by Gasteiger charge is -2.11. The van der Waals surface area contributed by atoms with Crippen molar-refractivity contribution >= 4 is 58.0 Å². The molecule has 1 atom stereocenters. The molecule has 9 heteroatoms. The van der Waals surface area contributed by atoms with Gasteiger partial charge in [-0.25, -0.2) is 0 Å². The minimum absolute atomic E-state index is 0.104. The molecule has 0 saturated heterocycles. The molecule has 2 aromatic rings. The van der Waals surface area contributed by atoms with E-state index in [0.717, 1.165) is 14.4 Å². The fourth-order valence-corrected chi connectivity index (χ4v) is 4.78. The number of nitrogens with zero attached hydrogens (tertiary/aromatic N) is 2. The highest BCUT2D eigenvalue weighted by molar-refractivity contribution is 8.03. The van der Waals surface area contributed by atoms with Crippen molar-refractivity contribution in [2.24, 2.45) is 0 Å². The molecule has 0 aliphatic rings. The molecular formula is C15H18N4O2S3. The Bertz CT molecular complexity index is 703. The maximum Gasteiger partial charge on any atom is 0.237 e. The van der Waals surface area contributed by atoms with Crippen molar-refractivity contribution in [1.29, 1.82) is 0 Å². The van der Waals surface area contributed by atoms with Gasteiger partial charge in [0.1, 0.15) is 0 Å². The van der Waals surface area contributed by atoms with Crippen LogP contribution in [0.2, 0.25) is 0 Å². The molecular weight excluding hydrogens is 364 g/mol. The number of hydrogen-bond donors (Lipinski definition) is 2. The van der Waals surface area contributed by atoms with Gasteiger partial charge >= 0.3 is 0 Å². The molecule has 1 aromatic carbocycles. The molecule has 0 bridgehead atoms. The van der Waals surface area contributed by atoms with Crippen molar-refractivity contribution in [2.45, 2.75) is 34.7 Å². The Hall–Kier alpha value is -1.58. The lowest BCUT2D eigenvalue weighted by Crippen LogP contribution is -2.22. The number of hydrogen-bond acceptors (Lipinski definition) is 7. The molecule has 2 amide bonds. The number of carbonyl (C=O) groups is 2. The summed E-state index contributed by atoms with van der Waals surface area (Å²) in [5.74, 6) is 0.714. The van der Waals surface area contributed by atoms with Crippen LogP contribution >= 0.6 is 34.9 Å². The van der Waals surface area contributed by atoms with Gasteiger partial charge in [-0.05, 0) is 36.9 Å². The van der Waals surface area contributed by atoms with Crippen molar-refractivity contribution in [3.8, 4) is 0 Å². The van der Waals surface area contributed by atoms with Gasteiger partial charge < -0.3 is 10.6 Å². The summed E-state index contributed by atoms with van der Waals surface area (Å²) in [6.07, 6.45) is 0. The van der Waals surface area contributed by atoms with Crippen molar-refractivity contribution in [3.05, 3.63) is 24.3 Å². The van der Waals surface area contributed by atoms with E-state index in [-0.39, 0.29) is 17.1 Å². The summed E-state index contributed by atoms with van der Waals surface area (Å²) in [6.45, 7) is 5.35. The molecule has 24 heavy (non-hydrogen) atoms. The number of nitrogens with one attached hydrogen (secondary N) is 2. The summed E-state index contributed by atoms with van der Waals surface area (Å²) < 4.78 is 1.70. The lowest BCUT2D eigenvalue weighted by molar-refractivity contribution is -0.115. The van der Waals surface area contributed by atoms with Crippen LogP contribution in [0, 0.1) is 0 Å². The molecule has 2 N–H and O–H groups in total. The summed E-state index contributed by atoms with van der Waals surface area (Å²) in [6, 6.07) is 6.99. The molecule has 6 nitrogen and oxygen atoms in total. The van der Waals surface area contributed by atoms with Crippen LogP contribution in [0.15, 0.2) is 32.9 Å². The normalized spacial score (nSPS) is 11.8. The van der Waals surface area contributed by atoms with Gasteiger partial charge in [0.2, 0.25) is 11.8 Å². The van der Waals surface area contributed by atoms with Crippen molar-refractivity contribution in [3.63, 3.8) is 0 Å². The van der Waals surface area contributed by atoms with Crippen molar-refractivity contribution in [2.75, 3.05) is 16.4 Å². The van der Waals surface area contributed by atoms with Crippen LogP contribution < -0.4 is 10.6 Å². The molecule has 128 valence electrons. The number of anilines is 2. The quantitative estimate of drug-likeness (QED) is 0.710. The van der Waals surface area contributed by atoms with E-state index in [4.69, 9.17) is 0 Å². The Morgan fingerprint density at radius 2 is 1.71 bits per heavy atom. The van der Waals surface area contributed by atoms with Crippen LogP contribution in [0.5, 0.6) is 0 Å². The molecule has 0 spiro atoms. The zero-order valence-electron chi connectivity index (χ0n) is 13.5. The van der Waals surface area contributed by atoms with Crippen molar-refractivity contribution in [1.82, 2.24) is 10.2 Å². The number of benzene rings is 1. The fourth-order valence-electron chi connectivity index (χ4n) is 1.72. The molecule has 1 aromatic heterocycles.